The minimum absolute atomic E-state index is 0.223. The summed E-state index contributed by atoms with van der Waals surface area (Å²) < 4.78 is 13.9. The van der Waals surface area contributed by atoms with Gasteiger partial charge in [0.2, 0.25) is 0 Å². The van der Waals surface area contributed by atoms with Crippen LogP contribution >= 0.6 is 0 Å². The first-order valence-corrected chi connectivity index (χ1v) is 5.71. The summed E-state index contributed by atoms with van der Waals surface area (Å²) in [6.07, 6.45) is 0. The molecular formula is C14H10FN3O2. The fourth-order valence-electron chi connectivity index (χ4n) is 1.78. The number of nitro benzene ring substituents is 1. The normalized spacial score (nSPS) is 9.85. The molecule has 0 saturated carbocycles. The minimum atomic E-state index is -0.675. The molecule has 0 radical (unpaired) electrons. The molecule has 0 atom stereocenters. The van der Waals surface area contributed by atoms with E-state index in [1.165, 1.54) is 12.1 Å². The highest BCUT2D eigenvalue weighted by Gasteiger charge is 2.14. The van der Waals surface area contributed by atoms with Gasteiger partial charge >= 0.3 is 0 Å². The molecule has 6 heteroatoms. The lowest BCUT2D eigenvalue weighted by atomic mass is 10.2. The summed E-state index contributed by atoms with van der Waals surface area (Å²) in [5.74, 6) is -0.675. The van der Waals surface area contributed by atoms with Gasteiger partial charge in [-0.15, -0.1) is 0 Å². The molecule has 0 aliphatic rings. The van der Waals surface area contributed by atoms with E-state index in [9.17, 15) is 14.5 Å². The van der Waals surface area contributed by atoms with Crippen molar-refractivity contribution in [2.45, 2.75) is 0 Å². The molecule has 2 aromatic rings. The lowest BCUT2D eigenvalue weighted by Crippen LogP contribution is -2.11. The fourth-order valence-corrected chi connectivity index (χ4v) is 1.78. The lowest BCUT2D eigenvalue weighted by molar-refractivity contribution is -0.385. The quantitative estimate of drug-likeness (QED) is 0.633. The zero-order chi connectivity index (χ0) is 14.7. The number of anilines is 2. The summed E-state index contributed by atoms with van der Waals surface area (Å²) in [6.45, 7) is 0. The van der Waals surface area contributed by atoms with Crippen LogP contribution in [0.3, 0.4) is 0 Å². The summed E-state index contributed by atoms with van der Waals surface area (Å²) in [4.78, 5) is 11.5. The summed E-state index contributed by atoms with van der Waals surface area (Å²) in [5, 5.41) is 19.3. The van der Waals surface area contributed by atoms with Gasteiger partial charge in [-0.2, -0.15) is 5.26 Å². The van der Waals surface area contributed by atoms with Gasteiger partial charge in [0.05, 0.1) is 28.3 Å². The van der Waals surface area contributed by atoms with Gasteiger partial charge in [-0.25, -0.2) is 4.39 Å². The molecular weight excluding hydrogens is 261 g/mol. The molecule has 0 aliphatic carbocycles. The Kier molecular flexibility index (Phi) is 3.62. The largest absolute Gasteiger partial charge is 0.342 e. The molecule has 0 bridgehead atoms. The molecule has 0 heterocycles. The number of hydrogen-bond donors (Lipinski definition) is 0. The molecule has 0 aliphatic heterocycles. The smallest absolute Gasteiger partial charge is 0.272 e. The number of nitrogens with zero attached hydrogens (tertiary/aromatic N) is 3. The molecule has 20 heavy (non-hydrogen) atoms. The summed E-state index contributed by atoms with van der Waals surface area (Å²) in [7, 11) is 1.64. The Morgan fingerprint density at radius 3 is 2.40 bits per heavy atom. The first kappa shape index (κ1) is 13.5. The Hall–Kier alpha value is -2.94. The van der Waals surface area contributed by atoms with Crippen LogP contribution in [-0.4, -0.2) is 12.0 Å². The SMILES string of the molecule is CN(c1ccc(C#N)cc1)c1ccc([N+](=O)[O-])cc1F. The first-order valence-electron chi connectivity index (χ1n) is 5.71. The standard InChI is InChI=1S/C14H10FN3O2/c1-17(11-4-2-10(9-16)3-5-11)14-7-6-12(18(19)20)8-13(14)15/h2-8H,1H3. The van der Waals surface area contributed by atoms with Gasteiger partial charge in [-0.3, -0.25) is 10.1 Å². The highest BCUT2D eigenvalue weighted by molar-refractivity contribution is 5.64. The van der Waals surface area contributed by atoms with Crippen LogP contribution in [0.2, 0.25) is 0 Å². The predicted molar refractivity (Wildman–Crippen MR) is 72.3 cm³/mol. The number of nitriles is 1. The van der Waals surface area contributed by atoms with Crippen LogP contribution in [0.15, 0.2) is 42.5 Å². The topological polar surface area (TPSA) is 70.2 Å². The highest BCUT2D eigenvalue weighted by atomic mass is 19.1. The van der Waals surface area contributed by atoms with E-state index < -0.39 is 10.7 Å². The molecule has 0 N–H and O–H groups in total. The minimum Gasteiger partial charge on any atom is -0.342 e. The highest BCUT2D eigenvalue weighted by Crippen LogP contribution is 2.28. The summed E-state index contributed by atoms with van der Waals surface area (Å²) in [6, 6.07) is 12.1. The maximum Gasteiger partial charge on any atom is 0.272 e. The third-order valence-corrected chi connectivity index (χ3v) is 2.89. The monoisotopic (exact) mass is 271 g/mol. The van der Waals surface area contributed by atoms with E-state index in [0.717, 1.165) is 6.07 Å². The number of hydrogen-bond acceptors (Lipinski definition) is 4. The van der Waals surface area contributed by atoms with Crippen molar-refractivity contribution >= 4 is 17.1 Å². The van der Waals surface area contributed by atoms with Crippen LogP contribution in [0, 0.1) is 27.3 Å². The summed E-state index contributed by atoms with van der Waals surface area (Å²) >= 11 is 0. The molecule has 0 aromatic heterocycles. The van der Waals surface area contributed by atoms with Crippen molar-refractivity contribution in [1.82, 2.24) is 0 Å². The second-order valence-electron chi connectivity index (χ2n) is 4.11. The Balaban J connectivity index is 2.35. The van der Waals surface area contributed by atoms with Crippen molar-refractivity contribution in [2.24, 2.45) is 0 Å². The third kappa shape index (κ3) is 2.57. The zero-order valence-electron chi connectivity index (χ0n) is 10.6. The van der Waals surface area contributed by atoms with Gasteiger partial charge in [0.15, 0.2) is 5.82 Å². The average molecular weight is 271 g/mol. The molecule has 100 valence electrons. The second-order valence-corrected chi connectivity index (χ2v) is 4.11. The maximum absolute atomic E-state index is 13.9. The van der Waals surface area contributed by atoms with Crippen molar-refractivity contribution in [3.63, 3.8) is 0 Å². The number of rotatable bonds is 3. The number of non-ortho nitro benzene ring substituents is 1. The van der Waals surface area contributed by atoms with E-state index in [-0.39, 0.29) is 11.4 Å². The van der Waals surface area contributed by atoms with Crippen LogP contribution in [0.25, 0.3) is 0 Å². The van der Waals surface area contributed by atoms with E-state index in [1.807, 2.05) is 6.07 Å². The van der Waals surface area contributed by atoms with Crippen LogP contribution in [-0.2, 0) is 0 Å². The molecule has 0 unspecified atom stereocenters. The van der Waals surface area contributed by atoms with Gasteiger partial charge in [-0.1, -0.05) is 0 Å². The molecule has 0 saturated heterocycles. The number of halogens is 1. The molecule has 0 fully saturated rings. The van der Waals surface area contributed by atoms with Crippen molar-refractivity contribution in [1.29, 1.82) is 5.26 Å². The van der Waals surface area contributed by atoms with Crippen molar-refractivity contribution in [2.75, 3.05) is 11.9 Å². The van der Waals surface area contributed by atoms with E-state index in [0.29, 0.717) is 11.3 Å². The van der Waals surface area contributed by atoms with E-state index in [1.54, 1.807) is 36.2 Å². The van der Waals surface area contributed by atoms with Gasteiger partial charge in [0.25, 0.3) is 5.69 Å². The Morgan fingerprint density at radius 2 is 1.90 bits per heavy atom. The molecule has 2 aromatic carbocycles. The van der Waals surface area contributed by atoms with E-state index in [2.05, 4.69) is 0 Å². The van der Waals surface area contributed by atoms with Crippen LogP contribution in [0.4, 0.5) is 21.5 Å². The van der Waals surface area contributed by atoms with Crippen LogP contribution in [0.5, 0.6) is 0 Å². The van der Waals surface area contributed by atoms with Crippen molar-refractivity contribution < 1.29 is 9.31 Å². The van der Waals surface area contributed by atoms with Crippen LogP contribution in [0.1, 0.15) is 5.56 Å². The zero-order valence-corrected chi connectivity index (χ0v) is 10.6. The van der Waals surface area contributed by atoms with Gasteiger partial charge in [0, 0.05) is 18.8 Å². The van der Waals surface area contributed by atoms with Crippen molar-refractivity contribution in [3.05, 3.63) is 64.0 Å². The fraction of sp³-hybridized carbons (Fsp3) is 0.0714. The summed E-state index contributed by atoms with van der Waals surface area (Å²) in [5.41, 5.74) is 1.11. The Morgan fingerprint density at radius 1 is 1.25 bits per heavy atom. The maximum atomic E-state index is 13.9. The van der Waals surface area contributed by atoms with E-state index in [4.69, 9.17) is 5.26 Å². The van der Waals surface area contributed by atoms with Gasteiger partial charge in [-0.05, 0) is 30.3 Å². The average Bonchev–Trinajstić information content (AvgIpc) is 2.46. The Bertz CT molecular complexity index is 693. The van der Waals surface area contributed by atoms with Crippen molar-refractivity contribution in [3.8, 4) is 6.07 Å². The van der Waals surface area contributed by atoms with Gasteiger partial charge < -0.3 is 4.90 Å². The number of nitro groups is 1. The number of benzene rings is 2. The molecule has 0 amide bonds. The van der Waals surface area contributed by atoms with Crippen LogP contribution < -0.4 is 4.90 Å². The first-order chi connectivity index (χ1) is 9.52. The third-order valence-electron chi connectivity index (χ3n) is 2.89. The molecule has 0 spiro atoms. The second kappa shape index (κ2) is 5.36. The molecule has 2 rings (SSSR count). The lowest BCUT2D eigenvalue weighted by Gasteiger charge is -2.19. The predicted octanol–water partition coefficient (Wildman–Crippen LogP) is 3.37. The van der Waals surface area contributed by atoms with Gasteiger partial charge in [0.1, 0.15) is 0 Å². The molecule has 5 nitrogen and oxygen atoms in total. The van der Waals surface area contributed by atoms with E-state index >= 15 is 0 Å². The Labute approximate surface area is 114 Å².